The Morgan fingerprint density at radius 3 is 2.62 bits per heavy atom. The largest absolute Gasteiger partial charge is 0.346 e. The van der Waals surface area contributed by atoms with Crippen molar-refractivity contribution in [1.29, 1.82) is 5.26 Å². The Hall–Kier alpha value is -3.40. The van der Waals surface area contributed by atoms with Crippen LogP contribution in [0.25, 0.3) is 11.0 Å². The second kappa shape index (κ2) is 8.31. The summed E-state index contributed by atoms with van der Waals surface area (Å²) in [6.45, 7) is 7.61. The quantitative estimate of drug-likeness (QED) is 0.598. The third-order valence-corrected chi connectivity index (χ3v) is 5.21. The molecule has 7 heteroatoms. The second-order valence-electron chi connectivity index (χ2n) is 7.60. The third-order valence-electron chi connectivity index (χ3n) is 5.21. The van der Waals surface area contributed by atoms with Crippen LogP contribution in [0.5, 0.6) is 0 Å². The molecule has 0 spiro atoms. The Kier molecular flexibility index (Phi) is 5.83. The summed E-state index contributed by atoms with van der Waals surface area (Å²) in [6, 6.07) is 9.47. The van der Waals surface area contributed by atoms with E-state index in [0.717, 1.165) is 22.4 Å². The minimum atomic E-state index is -0.388. The molecule has 1 unspecified atom stereocenters. The predicted octanol–water partition coefficient (Wildman–Crippen LogP) is 3.19. The topological polar surface area (TPSA) is 114 Å². The van der Waals surface area contributed by atoms with E-state index in [2.05, 4.69) is 20.3 Å². The van der Waals surface area contributed by atoms with Gasteiger partial charge in [0, 0.05) is 12.1 Å². The van der Waals surface area contributed by atoms with Gasteiger partial charge in [-0.2, -0.15) is 5.26 Å². The fourth-order valence-corrected chi connectivity index (χ4v) is 3.58. The molecule has 0 radical (unpaired) electrons. The molecule has 0 fully saturated rings. The number of hydrogen-bond donors (Lipinski definition) is 3. The molecule has 3 rings (SSSR count). The molecule has 1 atom stereocenters. The number of fused-ring (bicyclic) bond motifs is 1. The van der Waals surface area contributed by atoms with Crippen LogP contribution in [0.3, 0.4) is 0 Å². The van der Waals surface area contributed by atoms with Gasteiger partial charge in [-0.15, -0.1) is 0 Å². The van der Waals surface area contributed by atoms with Crippen molar-refractivity contribution in [2.45, 2.75) is 46.6 Å². The number of amides is 1. The van der Waals surface area contributed by atoms with Gasteiger partial charge >= 0.3 is 0 Å². The van der Waals surface area contributed by atoms with E-state index in [9.17, 15) is 14.9 Å². The van der Waals surface area contributed by atoms with Crippen LogP contribution in [0.15, 0.2) is 29.1 Å². The number of nitrogens with zero attached hydrogens (tertiary/aromatic N) is 2. The Bertz CT molecular complexity index is 1120. The fourth-order valence-electron chi connectivity index (χ4n) is 3.58. The Morgan fingerprint density at radius 1 is 1.24 bits per heavy atom. The van der Waals surface area contributed by atoms with Crippen molar-refractivity contribution in [3.8, 4) is 6.07 Å². The molecule has 7 nitrogen and oxygen atoms in total. The molecule has 2 aromatic heterocycles. The minimum Gasteiger partial charge on any atom is -0.346 e. The molecular weight excluding hydrogens is 366 g/mol. The first kappa shape index (κ1) is 20.3. The van der Waals surface area contributed by atoms with Crippen LogP contribution in [0.1, 0.15) is 54.5 Å². The maximum absolute atomic E-state index is 12.7. The molecule has 1 amide bonds. The van der Waals surface area contributed by atoms with Crippen molar-refractivity contribution in [3.05, 3.63) is 62.8 Å². The number of aryl methyl sites for hydroxylation is 1. The number of carbonyl (C=O) groups is 1. The lowest BCUT2D eigenvalue weighted by Crippen LogP contribution is -2.32. The number of para-hydroxylation sites is 2. The van der Waals surface area contributed by atoms with Gasteiger partial charge < -0.3 is 15.3 Å². The SMILES string of the molecule is Cc1[nH]c(=O)c(C#N)c(C)c1CCC(=O)NC(c1nc2ccccc2[nH]1)C(C)C. The number of imidazole rings is 1. The number of rotatable bonds is 6. The normalized spacial score (nSPS) is 12.1. The maximum Gasteiger partial charge on any atom is 0.266 e. The summed E-state index contributed by atoms with van der Waals surface area (Å²) in [4.78, 5) is 35.2. The van der Waals surface area contributed by atoms with Crippen LogP contribution in [-0.2, 0) is 11.2 Å². The second-order valence-corrected chi connectivity index (χ2v) is 7.60. The van der Waals surface area contributed by atoms with E-state index in [1.165, 1.54) is 0 Å². The van der Waals surface area contributed by atoms with Gasteiger partial charge in [0.1, 0.15) is 17.5 Å². The van der Waals surface area contributed by atoms with Gasteiger partial charge in [0.25, 0.3) is 5.56 Å². The van der Waals surface area contributed by atoms with Crippen LogP contribution in [0.4, 0.5) is 0 Å². The van der Waals surface area contributed by atoms with E-state index in [0.29, 0.717) is 17.7 Å². The van der Waals surface area contributed by atoms with E-state index < -0.39 is 0 Å². The smallest absolute Gasteiger partial charge is 0.266 e. The van der Waals surface area contributed by atoms with Crippen molar-refractivity contribution >= 4 is 16.9 Å². The molecular formula is C22H25N5O2. The van der Waals surface area contributed by atoms with E-state index >= 15 is 0 Å². The molecule has 3 N–H and O–H groups in total. The van der Waals surface area contributed by atoms with Gasteiger partial charge in [0.2, 0.25) is 5.91 Å². The van der Waals surface area contributed by atoms with Crippen molar-refractivity contribution in [3.63, 3.8) is 0 Å². The van der Waals surface area contributed by atoms with Gasteiger partial charge in [-0.25, -0.2) is 4.98 Å². The van der Waals surface area contributed by atoms with Gasteiger partial charge in [0.05, 0.1) is 17.1 Å². The number of nitrogens with one attached hydrogen (secondary N) is 3. The Balaban J connectivity index is 1.75. The van der Waals surface area contributed by atoms with Crippen LogP contribution in [-0.4, -0.2) is 20.9 Å². The zero-order chi connectivity index (χ0) is 21.1. The van der Waals surface area contributed by atoms with Crippen LogP contribution in [0, 0.1) is 31.1 Å². The van der Waals surface area contributed by atoms with Gasteiger partial charge in [-0.05, 0) is 49.4 Å². The van der Waals surface area contributed by atoms with Gasteiger partial charge in [0.15, 0.2) is 0 Å². The number of nitriles is 1. The maximum atomic E-state index is 12.7. The highest BCUT2D eigenvalue weighted by atomic mass is 16.1. The van der Waals surface area contributed by atoms with Crippen molar-refractivity contribution < 1.29 is 4.79 Å². The Morgan fingerprint density at radius 2 is 1.97 bits per heavy atom. The summed E-state index contributed by atoms with van der Waals surface area (Å²) in [5, 5.41) is 12.3. The minimum absolute atomic E-state index is 0.104. The zero-order valence-corrected chi connectivity index (χ0v) is 17.1. The van der Waals surface area contributed by atoms with E-state index in [1.54, 1.807) is 13.8 Å². The summed E-state index contributed by atoms with van der Waals surface area (Å²) in [5.41, 5.74) is 3.68. The highest BCUT2D eigenvalue weighted by Gasteiger charge is 2.22. The van der Waals surface area contributed by atoms with E-state index in [4.69, 9.17) is 0 Å². The lowest BCUT2D eigenvalue weighted by molar-refractivity contribution is -0.122. The summed E-state index contributed by atoms with van der Waals surface area (Å²) >= 11 is 0. The summed E-state index contributed by atoms with van der Waals surface area (Å²) in [5.74, 6) is 0.784. The number of hydrogen-bond acceptors (Lipinski definition) is 4. The highest BCUT2D eigenvalue weighted by Crippen LogP contribution is 2.22. The van der Waals surface area contributed by atoms with Crippen molar-refractivity contribution in [2.75, 3.05) is 0 Å². The third kappa shape index (κ3) is 4.21. The van der Waals surface area contributed by atoms with E-state index in [1.807, 2.05) is 44.2 Å². The van der Waals surface area contributed by atoms with Gasteiger partial charge in [-0.1, -0.05) is 26.0 Å². The highest BCUT2D eigenvalue weighted by molar-refractivity contribution is 5.78. The molecule has 150 valence electrons. The first-order valence-electron chi connectivity index (χ1n) is 9.68. The molecule has 0 saturated carbocycles. The van der Waals surface area contributed by atoms with Crippen LogP contribution >= 0.6 is 0 Å². The first-order chi connectivity index (χ1) is 13.8. The molecule has 0 aliphatic rings. The number of H-pyrrole nitrogens is 2. The average Bonchev–Trinajstić information content (AvgIpc) is 3.09. The van der Waals surface area contributed by atoms with Crippen LogP contribution < -0.4 is 10.9 Å². The van der Waals surface area contributed by atoms with Crippen LogP contribution in [0.2, 0.25) is 0 Å². The number of pyridine rings is 1. The Labute approximate surface area is 169 Å². The van der Waals surface area contributed by atoms with Crippen molar-refractivity contribution in [2.24, 2.45) is 5.92 Å². The summed E-state index contributed by atoms with van der Waals surface area (Å²) < 4.78 is 0. The first-order valence-corrected chi connectivity index (χ1v) is 9.68. The molecule has 2 heterocycles. The van der Waals surface area contributed by atoms with Gasteiger partial charge in [-0.3, -0.25) is 9.59 Å². The van der Waals surface area contributed by atoms with Crippen molar-refractivity contribution in [1.82, 2.24) is 20.3 Å². The number of benzene rings is 1. The standard InChI is InChI=1S/C22H25N5O2/c1-12(2)20(21-25-17-7-5-6-8-18(17)26-21)27-19(28)10-9-15-13(3)16(11-23)22(29)24-14(15)4/h5-8,12,20H,9-10H2,1-4H3,(H,24,29)(H,25,26)(H,27,28). The zero-order valence-electron chi connectivity index (χ0n) is 17.1. The van der Waals surface area contributed by atoms with E-state index in [-0.39, 0.29) is 35.4 Å². The molecule has 0 bridgehead atoms. The number of aromatic nitrogens is 3. The monoisotopic (exact) mass is 391 g/mol. The average molecular weight is 391 g/mol. The lowest BCUT2D eigenvalue weighted by atomic mass is 9.98. The fraction of sp³-hybridized carbons (Fsp3) is 0.364. The molecule has 29 heavy (non-hydrogen) atoms. The summed E-state index contributed by atoms with van der Waals surface area (Å²) in [7, 11) is 0. The summed E-state index contributed by atoms with van der Waals surface area (Å²) in [6.07, 6.45) is 0.696. The molecule has 0 saturated heterocycles. The molecule has 1 aromatic carbocycles. The number of carbonyl (C=O) groups excluding carboxylic acids is 1. The predicted molar refractivity (Wildman–Crippen MR) is 111 cm³/mol. The molecule has 0 aliphatic heterocycles. The lowest BCUT2D eigenvalue weighted by Gasteiger charge is -2.20. The number of aromatic amines is 2. The molecule has 0 aliphatic carbocycles. The molecule has 3 aromatic rings.